The number of ether oxygens (including phenoxy) is 1. The molecule has 3 aromatic heterocycles. The number of sulfonamides is 1. The van der Waals surface area contributed by atoms with Gasteiger partial charge >= 0.3 is 0 Å². The first-order valence-electron chi connectivity index (χ1n) is 18.5. The predicted octanol–water partition coefficient (Wildman–Crippen LogP) is 3.43. The highest BCUT2D eigenvalue weighted by atomic mass is 32.2. The summed E-state index contributed by atoms with van der Waals surface area (Å²) in [6.07, 6.45) is 8.70. The fraction of sp³-hybridized carbons (Fsp3) is 0.447. The van der Waals surface area contributed by atoms with Gasteiger partial charge in [0.2, 0.25) is 39.0 Å². The van der Waals surface area contributed by atoms with Crippen LogP contribution in [0.5, 0.6) is 5.88 Å². The van der Waals surface area contributed by atoms with Crippen LogP contribution >= 0.6 is 0 Å². The summed E-state index contributed by atoms with van der Waals surface area (Å²) in [5, 5.41) is 5.51. The van der Waals surface area contributed by atoms with Crippen molar-refractivity contribution in [3.8, 4) is 17.3 Å². The number of hydrogen-bond acceptors (Lipinski definition) is 11. The number of allylic oxidation sites excluding steroid dienone is 1. The highest BCUT2D eigenvalue weighted by Gasteiger charge is 2.62. The summed E-state index contributed by atoms with van der Waals surface area (Å²) in [4.78, 5) is 69.6. The van der Waals surface area contributed by atoms with Crippen molar-refractivity contribution in [1.29, 1.82) is 0 Å². The molecule has 55 heavy (non-hydrogen) atoms. The van der Waals surface area contributed by atoms with Crippen molar-refractivity contribution < 1.29 is 41.1 Å². The van der Waals surface area contributed by atoms with Crippen molar-refractivity contribution in [3.05, 3.63) is 60.6 Å². The smallest absolute Gasteiger partial charge is 0.262 e. The molecule has 288 valence electrons. The lowest BCUT2D eigenvalue weighted by Crippen LogP contribution is -2.58. The summed E-state index contributed by atoms with van der Waals surface area (Å²) >= 11 is 0. The minimum atomic E-state index is -3.92. The molecule has 4 aliphatic rings. The Kier molecular flexibility index (Phi) is 9.51. The largest absolute Gasteiger partial charge is 0.470 e. The van der Waals surface area contributed by atoms with Crippen molar-refractivity contribution in [3.63, 3.8) is 0 Å². The molecule has 0 radical (unpaired) electrons. The van der Waals surface area contributed by atoms with Crippen LogP contribution in [0.4, 0.5) is 4.39 Å². The summed E-state index contributed by atoms with van der Waals surface area (Å²) < 4.78 is 54.7. The number of aromatic nitrogens is 3. The van der Waals surface area contributed by atoms with Gasteiger partial charge in [0.15, 0.2) is 5.82 Å². The van der Waals surface area contributed by atoms with Crippen molar-refractivity contribution in [2.45, 2.75) is 93.7 Å². The molecule has 0 bridgehead atoms. The van der Waals surface area contributed by atoms with E-state index in [0.29, 0.717) is 48.6 Å². The second-order valence-corrected chi connectivity index (χ2v) is 16.7. The summed E-state index contributed by atoms with van der Waals surface area (Å²) in [6, 6.07) is 7.13. The van der Waals surface area contributed by atoms with E-state index < -0.39 is 74.4 Å². The number of pyridine rings is 1. The first-order valence-corrected chi connectivity index (χ1v) is 20.1. The summed E-state index contributed by atoms with van der Waals surface area (Å²) in [5.41, 5.74) is -0.385. The number of rotatable bonds is 7. The number of benzene rings is 1. The number of halogens is 1. The fourth-order valence-corrected chi connectivity index (χ4v) is 8.90. The van der Waals surface area contributed by atoms with Crippen LogP contribution in [0.15, 0.2) is 59.2 Å². The zero-order valence-electron chi connectivity index (χ0n) is 30.0. The molecule has 17 heteroatoms. The maximum Gasteiger partial charge on any atom is 0.262 e. The minimum absolute atomic E-state index is 0.0187. The third-order valence-electron chi connectivity index (χ3n) is 10.6. The molecular formula is C38H40FN7O8S. The molecular weight excluding hydrogens is 734 g/mol. The SMILES string of the molecule is CC(=O)N[C@H]1CCCCC/C=C\[C@@H]2C[C@@]2(C(=O)NS(=O)(=O)C2CC2)NC(=O)[C@@H]2C[C@@H](Oc3nc(-c4cccc(F)c4)nc4c3oc3ncccc34)CN2C1=O. The molecule has 5 heterocycles. The fourth-order valence-electron chi connectivity index (χ4n) is 7.54. The van der Waals surface area contributed by atoms with Gasteiger partial charge in [-0.1, -0.05) is 37.1 Å². The molecule has 1 aromatic carbocycles. The number of nitrogens with zero attached hydrogens (tertiary/aromatic N) is 4. The van der Waals surface area contributed by atoms with Gasteiger partial charge in [-0.25, -0.2) is 22.8 Å². The van der Waals surface area contributed by atoms with Gasteiger partial charge in [-0.05, 0) is 62.8 Å². The number of furan rings is 1. The topological polar surface area (TPSA) is 203 Å². The van der Waals surface area contributed by atoms with Gasteiger partial charge in [-0.3, -0.25) is 23.9 Å². The molecule has 8 rings (SSSR count). The lowest BCUT2D eigenvalue weighted by Gasteiger charge is -2.29. The van der Waals surface area contributed by atoms with Crippen LogP contribution in [-0.2, 0) is 29.2 Å². The van der Waals surface area contributed by atoms with Crippen LogP contribution in [-0.4, -0.2) is 87.4 Å². The molecule has 0 unspecified atom stereocenters. The molecule has 1 saturated heterocycles. The van der Waals surface area contributed by atoms with Crippen LogP contribution < -0.4 is 20.1 Å². The lowest BCUT2D eigenvalue weighted by atomic mass is 10.0. The zero-order chi connectivity index (χ0) is 38.5. The number of hydrogen-bond donors (Lipinski definition) is 3. The number of carbonyl (C=O) groups is 4. The summed E-state index contributed by atoms with van der Waals surface area (Å²) in [7, 11) is -3.92. The van der Waals surface area contributed by atoms with E-state index in [9.17, 15) is 32.0 Å². The van der Waals surface area contributed by atoms with E-state index in [1.807, 2.05) is 12.2 Å². The number of nitrogens with one attached hydrogen (secondary N) is 3. The standard InChI is InChI=1S/C38H40FN7O8S/c1-21(47)41-28-13-6-4-2-3-5-10-23-19-38(23,37(50)45-55(51,52)26-14-15-26)44-33(48)29-18-25(20-46(29)36(28)49)53-35-31-30(27-12-8-16-40-34(27)54-31)42-32(43-35)22-9-7-11-24(39)17-22/h5,7-12,16-17,23,25-26,28-29H,2-4,6,13-15,18-20H2,1H3,(H,41,47)(H,44,48)(H,45,50)/b10-5-/t23-,25-,28+,29+,38-/m1/s1. The highest BCUT2D eigenvalue weighted by Crippen LogP contribution is 2.46. The number of carbonyl (C=O) groups excluding carboxylic acids is 4. The van der Waals surface area contributed by atoms with Gasteiger partial charge in [0.05, 0.1) is 17.2 Å². The van der Waals surface area contributed by atoms with Gasteiger partial charge in [0.1, 0.15) is 35.1 Å². The molecule has 5 atom stereocenters. The van der Waals surface area contributed by atoms with Gasteiger partial charge in [-0.2, -0.15) is 4.98 Å². The van der Waals surface area contributed by atoms with Crippen LogP contribution in [0.1, 0.15) is 64.7 Å². The van der Waals surface area contributed by atoms with Crippen molar-refractivity contribution >= 4 is 55.9 Å². The van der Waals surface area contributed by atoms with Gasteiger partial charge < -0.3 is 24.7 Å². The molecule has 2 aliphatic carbocycles. The molecule has 3 N–H and O–H groups in total. The second-order valence-electron chi connectivity index (χ2n) is 14.7. The molecule has 3 fully saturated rings. The van der Waals surface area contributed by atoms with Gasteiger partial charge in [-0.15, -0.1) is 0 Å². The van der Waals surface area contributed by atoms with E-state index in [4.69, 9.17) is 9.15 Å². The molecule has 4 aromatic rings. The Morgan fingerprint density at radius 1 is 1.09 bits per heavy atom. The van der Waals surface area contributed by atoms with Gasteiger partial charge in [0.25, 0.3) is 11.8 Å². The Balaban J connectivity index is 1.15. The van der Waals surface area contributed by atoms with Crippen molar-refractivity contribution in [1.82, 2.24) is 35.2 Å². The molecule has 0 spiro atoms. The van der Waals surface area contributed by atoms with E-state index in [2.05, 4.69) is 30.3 Å². The van der Waals surface area contributed by atoms with E-state index in [-0.39, 0.29) is 42.4 Å². The first kappa shape index (κ1) is 36.5. The third-order valence-corrected chi connectivity index (χ3v) is 12.5. The molecule has 4 amide bonds. The highest BCUT2D eigenvalue weighted by molar-refractivity contribution is 7.91. The molecule has 2 saturated carbocycles. The predicted molar refractivity (Wildman–Crippen MR) is 196 cm³/mol. The average molecular weight is 774 g/mol. The number of amides is 4. The Hall–Kier alpha value is -5.45. The summed E-state index contributed by atoms with van der Waals surface area (Å²) in [5.74, 6) is -3.24. The van der Waals surface area contributed by atoms with Crippen LogP contribution in [0.25, 0.3) is 33.6 Å². The number of fused-ring (bicyclic) bond motifs is 5. The lowest BCUT2D eigenvalue weighted by molar-refractivity contribution is -0.142. The Labute approximate surface area is 315 Å². The normalized spacial score (nSPS) is 26.6. The maximum absolute atomic E-state index is 14.4. The van der Waals surface area contributed by atoms with Crippen molar-refractivity contribution in [2.75, 3.05) is 6.54 Å². The first-order chi connectivity index (χ1) is 26.4. The monoisotopic (exact) mass is 773 g/mol. The van der Waals surface area contributed by atoms with Gasteiger partial charge in [0, 0.05) is 31.0 Å². The van der Waals surface area contributed by atoms with Crippen LogP contribution in [0, 0.1) is 11.7 Å². The zero-order valence-corrected chi connectivity index (χ0v) is 30.8. The van der Waals surface area contributed by atoms with Crippen LogP contribution in [0.3, 0.4) is 0 Å². The molecule has 2 aliphatic heterocycles. The van der Waals surface area contributed by atoms with Crippen LogP contribution in [0.2, 0.25) is 0 Å². The van der Waals surface area contributed by atoms with Crippen molar-refractivity contribution in [2.24, 2.45) is 5.92 Å². The Bertz CT molecular complexity index is 2350. The van der Waals surface area contributed by atoms with E-state index in [0.717, 1.165) is 12.8 Å². The molecule has 15 nitrogen and oxygen atoms in total. The Morgan fingerprint density at radius 2 is 1.93 bits per heavy atom. The minimum Gasteiger partial charge on any atom is -0.470 e. The quantitative estimate of drug-likeness (QED) is 0.232. The maximum atomic E-state index is 14.4. The second kappa shape index (κ2) is 14.3. The third kappa shape index (κ3) is 7.36. The van der Waals surface area contributed by atoms with E-state index in [1.54, 1.807) is 24.4 Å². The van der Waals surface area contributed by atoms with E-state index in [1.165, 1.54) is 30.0 Å². The summed E-state index contributed by atoms with van der Waals surface area (Å²) in [6.45, 7) is 1.21. The average Bonchev–Trinajstić information content (AvgIpc) is 4.05. The van der Waals surface area contributed by atoms with E-state index >= 15 is 0 Å². The Morgan fingerprint density at radius 3 is 2.71 bits per heavy atom.